The van der Waals surface area contributed by atoms with Crippen molar-refractivity contribution in [3.8, 4) is 16.9 Å². The van der Waals surface area contributed by atoms with Crippen LogP contribution in [-0.4, -0.2) is 40.7 Å². The van der Waals surface area contributed by atoms with Gasteiger partial charge < -0.3 is 14.7 Å². The van der Waals surface area contributed by atoms with E-state index in [0.29, 0.717) is 10.2 Å². The van der Waals surface area contributed by atoms with E-state index in [1.54, 1.807) is 14.0 Å². The number of anilines is 1. The Hall–Kier alpha value is -2.70. The SMILES string of the molecule is C[C@H](O)CN(C)C(=O)Nc1ncc(Oc2ccc(F)cc2C#N)s1. The van der Waals surface area contributed by atoms with Crippen molar-refractivity contribution in [3.63, 3.8) is 0 Å². The molecule has 2 aromatic rings. The molecule has 1 heterocycles. The lowest BCUT2D eigenvalue weighted by Gasteiger charge is -2.18. The van der Waals surface area contributed by atoms with Gasteiger partial charge in [-0.3, -0.25) is 5.32 Å². The molecule has 0 fully saturated rings. The molecular formula is C15H15FN4O3S. The summed E-state index contributed by atoms with van der Waals surface area (Å²) in [6, 6.07) is 5.04. The number of carbonyl (C=O) groups is 1. The predicted octanol–water partition coefficient (Wildman–Crippen LogP) is 2.79. The van der Waals surface area contributed by atoms with Gasteiger partial charge in [0.1, 0.15) is 17.6 Å². The van der Waals surface area contributed by atoms with E-state index in [0.717, 1.165) is 17.4 Å². The highest BCUT2D eigenvalue weighted by atomic mass is 32.1. The van der Waals surface area contributed by atoms with Crippen LogP contribution < -0.4 is 10.1 Å². The van der Waals surface area contributed by atoms with Crippen LogP contribution in [0.3, 0.4) is 0 Å². The summed E-state index contributed by atoms with van der Waals surface area (Å²) in [5.74, 6) is -0.330. The highest BCUT2D eigenvalue weighted by Gasteiger charge is 2.14. The maximum absolute atomic E-state index is 13.1. The summed E-state index contributed by atoms with van der Waals surface area (Å²) >= 11 is 1.06. The molecule has 9 heteroatoms. The molecule has 7 nitrogen and oxygen atoms in total. The molecule has 0 aliphatic heterocycles. The zero-order valence-corrected chi connectivity index (χ0v) is 13.8. The van der Waals surface area contributed by atoms with Gasteiger partial charge in [-0.15, -0.1) is 0 Å². The molecule has 0 unspecified atom stereocenters. The number of amides is 2. The molecule has 2 rings (SSSR count). The van der Waals surface area contributed by atoms with Crippen molar-refractivity contribution in [3.05, 3.63) is 35.8 Å². The fourth-order valence-electron chi connectivity index (χ4n) is 1.82. The van der Waals surface area contributed by atoms with Crippen LogP contribution in [0.2, 0.25) is 0 Å². The summed E-state index contributed by atoms with van der Waals surface area (Å²) < 4.78 is 18.6. The summed E-state index contributed by atoms with van der Waals surface area (Å²) in [6.07, 6.45) is 0.748. The Morgan fingerprint density at radius 2 is 2.38 bits per heavy atom. The zero-order valence-electron chi connectivity index (χ0n) is 13.0. The molecule has 0 aliphatic carbocycles. The number of nitrogens with one attached hydrogen (secondary N) is 1. The third kappa shape index (κ3) is 4.65. The number of ether oxygens (including phenoxy) is 1. The van der Waals surface area contributed by atoms with Gasteiger partial charge in [-0.1, -0.05) is 11.3 Å². The fraction of sp³-hybridized carbons (Fsp3) is 0.267. The van der Waals surface area contributed by atoms with Gasteiger partial charge in [0.05, 0.1) is 17.9 Å². The number of hydrogen-bond donors (Lipinski definition) is 2. The van der Waals surface area contributed by atoms with Gasteiger partial charge in [0.25, 0.3) is 0 Å². The van der Waals surface area contributed by atoms with Crippen LogP contribution in [0.4, 0.5) is 14.3 Å². The van der Waals surface area contributed by atoms with Gasteiger partial charge in [-0.25, -0.2) is 14.2 Å². The molecule has 1 aromatic carbocycles. The van der Waals surface area contributed by atoms with Gasteiger partial charge in [0.2, 0.25) is 5.06 Å². The minimum atomic E-state index is -0.640. The predicted molar refractivity (Wildman–Crippen MR) is 86.6 cm³/mol. The van der Waals surface area contributed by atoms with E-state index in [2.05, 4.69) is 10.3 Å². The fourth-order valence-corrected chi connectivity index (χ4v) is 2.49. The molecule has 2 amide bonds. The summed E-state index contributed by atoms with van der Waals surface area (Å²) in [5.41, 5.74) is 0.0608. The zero-order chi connectivity index (χ0) is 17.7. The second-order valence-corrected chi connectivity index (χ2v) is 5.99. The van der Waals surface area contributed by atoms with E-state index in [4.69, 9.17) is 10.00 Å². The summed E-state index contributed by atoms with van der Waals surface area (Å²) in [6.45, 7) is 1.76. The number of aromatic nitrogens is 1. The average Bonchev–Trinajstić information content (AvgIpc) is 2.95. The highest BCUT2D eigenvalue weighted by molar-refractivity contribution is 7.17. The van der Waals surface area contributed by atoms with Crippen LogP contribution in [0.25, 0.3) is 0 Å². The lowest BCUT2D eigenvalue weighted by atomic mass is 10.2. The number of benzene rings is 1. The first kappa shape index (κ1) is 17.7. The number of aliphatic hydroxyl groups is 1. The minimum Gasteiger partial charge on any atom is -0.444 e. The van der Waals surface area contributed by atoms with Crippen molar-refractivity contribution in [1.29, 1.82) is 5.26 Å². The van der Waals surface area contributed by atoms with E-state index in [1.807, 2.05) is 6.07 Å². The van der Waals surface area contributed by atoms with Crippen LogP contribution in [0.5, 0.6) is 10.8 Å². The quantitative estimate of drug-likeness (QED) is 0.864. The first-order valence-corrected chi connectivity index (χ1v) is 7.74. The molecular weight excluding hydrogens is 335 g/mol. The second kappa shape index (κ2) is 7.72. The lowest BCUT2D eigenvalue weighted by Crippen LogP contribution is -2.36. The Balaban J connectivity index is 2.04. The maximum atomic E-state index is 13.1. The van der Waals surface area contributed by atoms with E-state index < -0.39 is 18.0 Å². The Morgan fingerprint density at radius 1 is 1.62 bits per heavy atom. The first-order chi connectivity index (χ1) is 11.4. The highest BCUT2D eigenvalue weighted by Crippen LogP contribution is 2.32. The maximum Gasteiger partial charge on any atom is 0.323 e. The Morgan fingerprint density at radius 3 is 3.04 bits per heavy atom. The summed E-state index contributed by atoms with van der Waals surface area (Å²) in [5, 5.41) is 21.5. The molecule has 0 saturated heterocycles. The standard InChI is InChI=1S/C15H15FN4O3S/c1-9(21)8-20(2)15(22)19-14-18-7-13(24-14)23-12-4-3-11(16)5-10(12)6-17/h3-5,7,9,21H,8H2,1-2H3,(H,18,19,22)/t9-/m0/s1. The Labute approximate surface area is 141 Å². The number of nitrogens with zero attached hydrogens (tertiary/aromatic N) is 3. The van der Waals surface area contributed by atoms with Gasteiger partial charge in [-0.2, -0.15) is 5.26 Å². The molecule has 2 N–H and O–H groups in total. The van der Waals surface area contributed by atoms with Gasteiger partial charge in [-0.05, 0) is 25.1 Å². The van der Waals surface area contributed by atoms with Crippen molar-refractivity contribution in [2.75, 3.05) is 18.9 Å². The lowest BCUT2D eigenvalue weighted by molar-refractivity contribution is 0.149. The monoisotopic (exact) mass is 350 g/mol. The van der Waals surface area contributed by atoms with Gasteiger partial charge in [0, 0.05) is 13.6 Å². The number of aliphatic hydroxyl groups excluding tert-OH is 1. The molecule has 126 valence electrons. The van der Waals surface area contributed by atoms with E-state index >= 15 is 0 Å². The number of halogens is 1. The van der Waals surface area contributed by atoms with Crippen molar-refractivity contribution < 1.29 is 19.0 Å². The van der Waals surface area contributed by atoms with Gasteiger partial charge in [0.15, 0.2) is 5.13 Å². The van der Waals surface area contributed by atoms with Crippen LogP contribution in [0.1, 0.15) is 12.5 Å². The number of hydrogen-bond acceptors (Lipinski definition) is 6. The van der Waals surface area contributed by atoms with Crippen LogP contribution in [0.15, 0.2) is 24.4 Å². The molecule has 0 bridgehead atoms. The topological polar surface area (TPSA) is 98.5 Å². The molecule has 1 atom stereocenters. The molecule has 0 aliphatic rings. The number of rotatable bonds is 5. The van der Waals surface area contributed by atoms with Crippen molar-refractivity contribution >= 4 is 22.5 Å². The molecule has 0 spiro atoms. The molecule has 0 radical (unpaired) electrons. The van der Waals surface area contributed by atoms with Crippen LogP contribution in [-0.2, 0) is 0 Å². The normalized spacial score (nSPS) is 11.5. The number of carbonyl (C=O) groups excluding carboxylic acids is 1. The average molecular weight is 350 g/mol. The smallest absolute Gasteiger partial charge is 0.323 e. The Bertz CT molecular complexity index is 772. The second-order valence-electron chi connectivity index (χ2n) is 5.00. The van der Waals surface area contributed by atoms with Gasteiger partial charge >= 0.3 is 6.03 Å². The minimum absolute atomic E-state index is 0.0608. The van der Waals surface area contributed by atoms with E-state index in [-0.39, 0.29) is 17.9 Å². The van der Waals surface area contributed by atoms with E-state index in [1.165, 1.54) is 23.2 Å². The number of nitriles is 1. The Kier molecular flexibility index (Phi) is 5.68. The number of likely N-dealkylation sites (N-methyl/N-ethyl adjacent to an activating group) is 1. The largest absolute Gasteiger partial charge is 0.444 e. The molecule has 1 aromatic heterocycles. The van der Waals surface area contributed by atoms with Crippen LogP contribution in [0, 0.1) is 17.1 Å². The van der Waals surface area contributed by atoms with E-state index in [9.17, 15) is 14.3 Å². The number of urea groups is 1. The van der Waals surface area contributed by atoms with Crippen molar-refractivity contribution in [2.45, 2.75) is 13.0 Å². The summed E-state index contributed by atoms with van der Waals surface area (Å²) in [7, 11) is 1.55. The summed E-state index contributed by atoms with van der Waals surface area (Å²) in [4.78, 5) is 17.2. The third-order valence-electron chi connectivity index (χ3n) is 2.86. The molecule has 0 saturated carbocycles. The van der Waals surface area contributed by atoms with Crippen molar-refractivity contribution in [1.82, 2.24) is 9.88 Å². The third-order valence-corrected chi connectivity index (χ3v) is 3.65. The molecule has 24 heavy (non-hydrogen) atoms. The number of thiazole rings is 1. The first-order valence-electron chi connectivity index (χ1n) is 6.92. The van der Waals surface area contributed by atoms with Crippen molar-refractivity contribution in [2.24, 2.45) is 0 Å². The van der Waals surface area contributed by atoms with Crippen LogP contribution >= 0.6 is 11.3 Å².